The molecule has 0 N–H and O–H groups in total. The Bertz CT molecular complexity index is 1570. The Morgan fingerprint density at radius 1 is 1.02 bits per heavy atom. The van der Waals surface area contributed by atoms with Gasteiger partial charge in [0.2, 0.25) is 0 Å². The van der Waals surface area contributed by atoms with Gasteiger partial charge in [0.15, 0.2) is 0 Å². The monoisotopic (exact) mass is 599 g/mol. The van der Waals surface area contributed by atoms with E-state index in [4.69, 9.17) is 22.1 Å². The number of amides is 1. The smallest absolute Gasteiger partial charge is 0.266 e. The Kier molecular flexibility index (Phi) is 9.87. The van der Waals surface area contributed by atoms with E-state index in [0.717, 1.165) is 48.2 Å². The van der Waals surface area contributed by atoms with Crippen molar-refractivity contribution in [2.75, 3.05) is 6.54 Å². The first-order chi connectivity index (χ1) is 20.5. The zero-order valence-electron chi connectivity index (χ0n) is 23.8. The number of carbonyl (C=O) groups excluding carboxylic acids is 1. The molecule has 0 unspecified atom stereocenters. The number of thioether (sulfide) groups is 1. The zero-order chi connectivity index (χ0) is 29.5. The number of hydrogen-bond acceptors (Lipinski definition) is 5. The van der Waals surface area contributed by atoms with Crippen LogP contribution in [0.3, 0.4) is 0 Å². The highest BCUT2D eigenvalue weighted by atomic mass is 32.2. The Morgan fingerprint density at radius 3 is 2.48 bits per heavy atom. The minimum absolute atomic E-state index is 0.0461. The van der Waals surface area contributed by atoms with Crippen LogP contribution in [-0.2, 0) is 11.4 Å². The van der Waals surface area contributed by atoms with Crippen LogP contribution >= 0.6 is 24.0 Å². The maximum Gasteiger partial charge on any atom is 0.266 e. The van der Waals surface area contributed by atoms with E-state index < -0.39 is 0 Å². The summed E-state index contributed by atoms with van der Waals surface area (Å²) in [4.78, 5) is 15.9. The molecule has 1 aliphatic rings. The number of para-hydroxylation sites is 1. The highest BCUT2D eigenvalue weighted by Gasteiger charge is 2.33. The van der Waals surface area contributed by atoms with Crippen molar-refractivity contribution in [3.63, 3.8) is 0 Å². The van der Waals surface area contributed by atoms with Crippen molar-refractivity contribution in [1.82, 2.24) is 14.7 Å². The number of benzene rings is 3. The van der Waals surface area contributed by atoms with E-state index in [1.807, 2.05) is 71.6 Å². The van der Waals surface area contributed by atoms with Crippen LogP contribution in [0.15, 0.2) is 90.0 Å². The van der Waals surface area contributed by atoms with Gasteiger partial charge in [-0.1, -0.05) is 93.5 Å². The van der Waals surface area contributed by atoms with Gasteiger partial charge in [-0.25, -0.2) is 9.07 Å². The van der Waals surface area contributed by atoms with Crippen LogP contribution in [0, 0.1) is 11.7 Å². The van der Waals surface area contributed by atoms with Gasteiger partial charge in [-0.15, -0.1) is 0 Å². The normalized spacial score (nSPS) is 15.0. The van der Waals surface area contributed by atoms with Gasteiger partial charge in [0.05, 0.1) is 16.3 Å². The molecule has 42 heavy (non-hydrogen) atoms. The molecular formula is C34H34FN3O2S2. The zero-order valence-corrected chi connectivity index (χ0v) is 25.5. The lowest BCUT2D eigenvalue weighted by Gasteiger charge is -2.21. The molecule has 4 aromatic rings. The summed E-state index contributed by atoms with van der Waals surface area (Å²) in [5, 5.41) is 4.90. The first kappa shape index (κ1) is 29.7. The summed E-state index contributed by atoms with van der Waals surface area (Å²) in [6.45, 7) is 5.16. The Morgan fingerprint density at radius 2 is 1.76 bits per heavy atom. The standard InChI is InChI=1S/C34H34FN3O2S2/c1-3-5-11-24(4-2)21-37-33(39)31(42-34(37)41)20-27-22-38(28-13-7-6-8-14-28)36-32(27)25-16-18-29(19-17-25)40-23-26-12-9-10-15-30(26)35/h6-10,12-20,22,24H,3-5,11,21,23H2,1-2H3/b31-20-/t24-/m0/s1. The van der Waals surface area contributed by atoms with Crippen molar-refractivity contribution in [2.45, 2.75) is 46.1 Å². The molecule has 5 rings (SSSR count). The van der Waals surface area contributed by atoms with E-state index in [9.17, 15) is 9.18 Å². The van der Waals surface area contributed by atoms with Crippen molar-refractivity contribution >= 4 is 40.3 Å². The van der Waals surface area contributed by atoms with E-state index in [1.54, 1.807) is 23.1 Å². The summed E-state index contributed by atoms with van der Waals surface area (Å²) in [6, 6.07) is 24.0. The van der Waals surface area contributed by atoms with E-state index in [1.165, 1.54) is 17.8 Å². The van der Waals surface area contributed by atoms with Crippen molar-refractivity contribution in [1.29, 1.82) is 0 Å². The quantitative estimate of drug-likeness (QED) is 0.120. The average molecular weight is 600 g/mol. The highest BCUT2D eigenvalue weighted by molar-refractivity contribution is 8.26. The minimum Gasteiger partial charge on any atom is -0.489 e. The summed E-state index contributed by atoms with van der Waals surface area (Å²) in [5.41, 5.74) is 3.84. The molecule has 2 heterocycles. The summed E-state index contributed by atoms with van der Waals surface area (Å²) >= 11 is 7.00. The molecule has 1 fully saturated rings. The molecule has 0 saturated carbocycles. The number of hydrogen-bond donors (Lipinski definition) is 0. The topological polar surface area (TPSA) is 47.4 Å². The lowest BCUT2D eigenvalue weighted by Crippen LogP contribution is -2.33. The van der Waals surface area contributed by atoms with E-state index >= 15 is 0 Å². The summed E-state index contributed by atoms with van der Waals surface area (Å²) < 4.78 is 22.3. The maximum atomic E-state index is 14.0. The molecule has 1 aromatic heterocycles. The number of rotatable bonds is 12. The predicted molar refractivity (Wildman–Crippen MR) is 173 cm³/mol. The molecule has 0 bridgehead atoms. The lowest BCUT2D eigenvalue weighted by atomic mass is 9.99. The minimum atomic E-state index is -0.290. The number of thiocarbonyl (C=S) groups is 1. The first-order valence-electron chi connectivity index (χ1n) is 14.3. The number of ether oxygens (including phenoxy) is 1. The second-order valence-corrected chi connectivity index (χ2v) is 12.0. The van der Waals surface area contributed by atoms with E-state index in [0.29, 0.717) is 33.0 Å². The predicted octanol–water partition coefficient (Wildman–Crippen LogP) is 8.68. The summed E-state index contributed by atoms with van der Waals surface area (Å²) in [5.74, 6) is 0.722. The second kappa shape index (κ2) is 13.9. The Labute approximate surface area is 256 Å². The van der Waals surface area contributed by atoms with Gasteiger partial charge in [-0.3, -0.25) is 9.69 Å². The van der Waals surface area contributed by atoms with Crippen LogP contribution in [0.5, 0.6) is 5.75 Å². The van der Waals surface area contributed by atoms with E-state index in [2.05, 4.69) is 13.8 Å². The fourth-order valence-corrected chi connectivity index (χ4v) is 6.16. The van der Waals surface area contributed by atoms with Crippen LogP contribution in [0.2, 0.25) is 0 Å². The van der Waals surface area contributed by atoms with Gasteiger partial charge < -0.3 is 4.74 Å². The van der Waals surface area contributed by atoms with Gasteiger partial charge >= 0.3 is 0 Å². The molecule has 0 radical (unpaired) electrons. The number of aromatic nitrogens is 2. The molecule has 5 nitrogen and oxygen atoms in total. The van der Waals surface area contributed by atoms with Crippen molar-refractivity contribution in [2.24, 2.45) is 5.92 Å². The molecule has 1 saturated heterocycles. The average Bonchev–Trinajstić information content (AvgIpc) is 3.55. The van der Waals surface area contributed by atoms with Crippen molar-refractivity contribution in [3.05, 3.63) is 107 Å². The SMILES string of the molecule is CCCC[C@H](CC)CN1C(=O)/C(=C/c2cn(-c3ccccc3)nc2-c2ccc(OCc3ccccc3F)cc2)SC1=S. The number of carbonyl (C=O) groups is 1. The highest BCUT2D eigenvalue weighted by Crippen LogP contribution is 2.36. The van der Waals surface area contributed by atoms with Crippen LogP contribution in [0.25, 0.3) is 23.0 Å². The molecule has 1 atom stereocenters. The third kappa shape index (κ3) is 6.99. The molecule has 1 aliphatic heterocycles. The summed E-state index contributed by atoms with van der Waals surface area (Å²) in [6.07, 6.45) is 8.24. The maximum absolute atomic E-state index is 14.0. The van der Waals surface area contributed by atoms with Crippen molar-refractivity contribution in [3.8, 4) is 22.7 Å². The molecular weight excluding hydrogens is 566 g/mol. The lowest BCUT2D eigenvalue weighted by molar-refractivity contribution is -0.122. The van der Waals surface area contributed by atoms with Gasteiger partial charge in [-0.05, 0) is 60.9 Å². The van der Waals surface area contributed by atoms with E-state index in [-0.39, 0.29) is 18.3 Å². The first-order valence-corrected chi connectivity index (χ1v) is 15.6. The second-order valence-electron chi connectivity index (χ2n) is 10.3. The van der Waals surface area contributed by atoms with Gasteiger partial charge in [0.25, 0.3) is 5.91 Å². The third-order valence-electron chi connectivity index (χ3n) is 7.39. The number of nitrogens with zero attached hydrogens (tertiary/aromatic N) is 3. The van der Waals surface area contributed by atoms with Gasteiger partial charge in [0.1, 0.15) is 22.5 Å². The fraction of sp³-hybridized carbons (Fsp3) is 0.265. The summed E-state index contributed by atoms with van der Waals surface area (Å²) in [7, 11) is 0. The van der Waals surface area contributed by atoms with Crippen LogP contribution in [-0.4, -0.2) is 31.5 Å². The third-order valence-corrected chi connectivity index (χ3v) is 8.77. The molecule has 3 aromatic carbocycles. The largest absolute Gasteiger partial charge is 0.489 e. The van der Waals surface area contributed by atoms with Crippen LogP contribution in [0.4, 0.5) is 4.39 Å². The molecule has 0 aliphatic carbocycles. The van der Waals surface area contributed by atoms with Crippen LogP contribution < -0.4 is 4.74 Å². The number of unbranched alkanes of at least 4 members (excludes halogenated alkanes) is 1. The molecule has 0 spiro atoms. The van der Waals surface area contributed by atoms with Crippen LogP contribution in [0.1, 0.15) is 50.7 Å². The Balaban J connectivity index is 1.41. The fourth-order valence-electron chi connectivity index (χ4n) is 4.89. The molecule has 1 amide bonds. The van der Waals surface area contributed by atoms with Gasteiger partial charge in [0, 0.05) is 29.4 Å². The molecule has 8 heteroatoms. The van der Waals surface area contributed by atoms with Gasteiger partial charge in [-0.2, -0.15) is 5.10 Å². The number of halogens is 1. The Hall–Kier alpha value is -3.75. The van der Waals surface area contributed by atoms with Crippen molar-refractivity contribution < 1.29 is 13.9 Å². The molecule has 216 valence electrons.